The zero-order valence-electron chi connectivity index (χ0n) is 13.3. The van der Waals surface area contributed by atoms with Crippen LogP contribution in [0.1, 0.15) is 21.5 Å². The molecule has 1 heterocycles. The van der Waals surface area contributed by atoms with Crippen LogP contribution in [0.25, 0.3) is 11.3 Å². The van der Waals surface area contributed by atoms with E-state index in [4.69, 9.17) is 0 Å². The Morgan fingerprint density at radius 2 is 1.88 bits per heavy atom. The summed E-state index contributed by atoms with van der Waals surface area (Å²) < 4.78 is 1.02. The molecular formula is C20H17BrN2O. The fraction of sp³-hybridized carbons (Fsp3) is 0.100. The molecule has 1 amide bonds. The van der Waals surface area contributed by atoms with Gasteiger partial charge in [0, 0.05) is 22.8 Å². The number of rotatable bonds is 4. The lowest BCUT2D eigenvalue weighted by molar-refractivity contribution is 0.0950. The topological polar surface area (TPSA) is 42.0 Å². The number of carbonyl (C=O) groups is 1. The Labute approximate surface area is 149 Å². The molecule has 2 aromatic carbocycles. The molecule has 120 valence electrons. The van der Waals surface area contributed by atoms with Crippen molar-refractivity contribution >= 4 is 21.8 Å². The highest BCUT2D eigenvalue weighted by atomic mass is 79.9. The van der Waals surface area contributed by atoms with Crippen LogP contribution in [-0.4, -0.2) is 10.9 Å². The number of aromatic nitrogens is 1. The van der Waals surface area contributed by atoms with Crippen LogP contribution in [-0.2, 0) is 6.54 Å². The summed E-state index contributed by atoms with van der Waals surface area (Å²) >= 11 is 3.40. The molecule has 3 aromatic rings. The summed E-state index contributed by atoms with van der Waals surface area (Å²) in [5, 5.41) is 2.91. The van der Waals surface area contributed by atoms with E-state index in [1.165, 1.54) is 5.56 Å². The number of halogens is 1. The summed E-state index contributed by atoms with van der Waals surface area (Å²) in [5.74, 6) is -0.124. The van der Waals surface area contributed by atoms with Crippen LogP contribution in [0.15, 0.2) is 71.3 Å². The maximum Gasteiger partial charge on any atom is 0.253 e. The van der Waals surface area contributed by atoms with Gasteiger partial charge in [-0.3, -0.25) is 9.78 Å². The van der Waals surface area contributed by atoms with Gasteiger partial charge in [0.05, 0.1) is 11.3 Å². The molecule has 1 aromatic heterocycles. The number of nitrogens with one attached hydrogen (secondary N) is 1. The first-order valence-corrected chi connectivity index (χ1v) is 8.47. The van der Waals surface area contributed by atoms with Crippen LogP contribution in [0, 0.1) is 6.92 Å². The quantitative estimate of drug-likeness (QED) is 0.709. The average Bonchev–Trinajstić information content (AvgIpc) is 2.61. The third kappa shape index (κ3) is 4.09. The molecule has 1 N–H and O–H groups in total. The Kier molecular flexibility index (Phi) is 5.06. The predicted molar refractivity (Wildman–Crippen MR) is 99.7 cm³/mol. The molecular weight excluding hydrogens is 364 g/mol. The first-order valence-electron chi connectivity index (χ1n) is 7.67. The van der Waals surface area contributed by atoms with Gasteiger partial charge in [0.15, 0.2) is 0 Å². The molecule has 0 aliphatic heterocycles. The van der Waals surface area contributed by atoms with Crippen molar-refractivity contribution < 1.29 is 4.79 Å². The molecule has 0 radical (unpaired) electrons. The molecule has 3 nitrogen and oxygen atoms in total. The number of hydrogen-bond donors (Lipinski definition) is 1. The number of nitrogens with zero attached hydrogens (tertiary/aromatic N) is 1. The molecule has 0 aliphatic carbocycles. The van der Waals surface area contributed by atoms with Gasteiger partial charge in [-0.25, -0.2) is 0 Å². The Bertz CT molecular complexity index is 842. The smallest absolute Gasteiger partial charge is 0.253 e. The van der Waals surface area contributed by atoms with Crippen molar-refractivity contribution in [3.05, 3.63) is 88.0 Å². The highest BCUT2D eigenvalue weighted by molar-refractivity contribution is 9.10. The van der Waals surface area contributed by atoms with Gasteiger partial charge >= 0.3 is 0 Å². The largest absolute Gasteiger partial charge is 0.348 e. The van der Waals surface area contributed by atoms with E-state index in [2.05, 4.69) is 32.3 Å². The minimum Gasteiger partial charge on any atom is -0.348 e. The van der Waals surface area contributed by atoms with Crippen molar-refractivity contribution in [2.24, 2.45) is 0 Å². The lowest BCUT2D eigenvalue weighted by Crippen LogP contribution is -2.22. The molecule has 0 spiro atoms. The van der Waals surface area contributed by atoms with Gasteiger partial charge in [0.1, 0.15) is 0 Å². The molecule has 0 unspecified atom stereocenters. The van der Waals surface area contributed by atoms with Crippen LogP contribution >= 0.6 is 15.9 Å². The second-order valence-corrected chi connectivity index (χ2v) is 6.53. The fourth-order valence-electron chi connectivity index (χ4n) is 2.39. The van der Waals surface area contributed by atoms with Crippen molar-refractivity contribution in [2.45, 2.75) is 13.5 Å². The predicted octanol–water partition coefficient (Wildman–Crippen LogP) is 4.75. The maximum absolute atomic E-state index is 12.2. The van der Waals surface area contributed by atoms with Gasteiger partial charge in [-0.15, -0.1) is 0 Å². The number of benzene rings is 2. The zero-order valence-corrected chi connectivity index (χ0v) is 14.9. The highest BCUT2D eigenvalue weighted by Crippen LogP contribution is 2.18. The van der Waals surface area contributed by atoms with Crippen LogP contribution in [0.2, 0.25) is 0 Å². The van der Waals surface area contributed by atoms with Gasteiger partial charge in [-0.05, 0) is 42.8 Å². The number of carbonyl (C=O) groups excluding carboxylic acids is 1. The van der Waals surface area contributed by atoms with E-state index >= 15 is 0 Å². The van der Waals surface area contributed by atoms with Gasteiger partial charge < -0.3 is 5.32 Å². The third-order valence-electron chi connectivity index (χ3n) is 3.71. The normalized spacial score (nSPS) is 10.4. The van der Waals surface area contributed by atoms with Crippen molar-refractivity contribution in [1.29, 1.82) is 0 Å². The summed E-state index contributed by atoms with van der Waals surface area (Å²) in [6, 6.07) is 19.7. The first kappa shape index (κ1) is 16.4. The third-order valence-corrected chi connectivity index (χ3v) is 4.23. The minimum absolute atomic E-state index is 0.124. The van der Waals surface area contributed by atoms with Crippen LogP contribution < -0.4 is 5.32 Å². The summed E-state index contributed by atoms with van der Waals surface area (Å²) in [7, 11) is 0. The van der Waals surface area contributed by atoms with Crippen LogP contribution in [0.3, 0.4) is 0 Å². The average molecular weight is 381 g/mol. The van der Waals surface area contributed by atoms with E-state index in [1.54, 1.807) is 6.20 Å². The zero-order chi connectivity index (χ0) is 16.9. The summed E-state index contributed by atoms with van der Waals surface area (Å²) in [6.45, 7) is 2.54. The van der Waals surface area contributed by atoms with Crippen LogP contribution in [0.5, 0.6) is 0 Å². The van der Waals surface area contributed by atoms with Gasteiger partial charge in [-0.1, -0.05) is 51.8 Å². The molecule has 24 heavy (non-hydrogen) atoms. The SMILES string of the molecule is Cc1cccc(-c2ccc(C(=O)NCc3ccc(Br)cc3)cn2)c1. The van der Waals surface area contributed by atoms with Crippen molar-refractivity contribution in [2.75, 3.05) is 0 Å². The standard InChI is InChI=1S/C20H17BrN2O/c1-14-3-2-4-16(11-14)19-10-7-17(13-22-19)20(24)23-12-15-5-8-18(21)9-6-15/h2-11,13H,12H2,1H3,(H,23,24). The van der Waals surface area contributed by atoms with E-state index < -0.39 is 0 Å². The fourth-order valence-corrected chi connectivity index (χ4v) is 2.65. The van der Waals surface area contributed by atoms with Crippen molar-refractivity contribution in [3.63, 3.8) is 0 Å². The molecule has 4 heteroatoms. The lowest BCUT2D eigenvalue weighted by atomic mass is 10.1. The second-order valence-electron chi connectivity index (χ2n) is 5.61. The maximum atomic E-state index is 12.2. The molecule has 0 saturated carbocycles. The van der Waals surface area contributed by atoms with E-state index in [0.29, 0.717) is 12.1 Å². The summed E-state index contributed by atoms with van der Waals surface area (Å²) in [4.78, 5) is 16.6. The summed E-state index contributed by atoms with van der Waals surface area (Å²) in [5.41, 5.74) is 4.71. The van der Waals surface area contributed by atoms with E-state index in [1.807, 2.05) is 61.5 Å². The van der Waals surface area contributed by atoms with Gasteiger partial charge in [-0.2, -0.15) is 0 Å². The van der Waals surface area contributed by atoms with Gasteiger partial charge in [0.25, 0.3) is 5.91 Å². The molecule has 0 saturated heterocycles. The minimum atomic E-state index is -0.124. The number of pyridine rings is 1. The Balaban J connectivity index is 1.66. The Morgan fingerprint density at radius 3 is 2.54 bits per heavy atom. The Morgan fingerprint density at radius 1 is 1.08 bits per heavy atom. The first-order chi connectivity index (χ1) is 11.6. The van der Waals surface area contributed by atoms with Crippen molar-refractivity contribution in [1.82, 2.24) is 10.3 Å². The monoisotopic (exact) mass is 380 g/mol. The van der Waals surface area contributed by atoms with E-state index in [9.17, 15) is 4.79 Å². The second kappa shape index (κ2) is 7.41. The number of hydrogen-bond acceptors (Lipinski definition) is 2. The molecule has 0 aliphatic rings. The molecule has 0 bridgehead atoms. The number of amides is 1. The molecule has 0 atom stereocenters. The van der Waals surface area contributed by atoms with Crippen LogP contribution in [0.4, 0.5) is 0 Å². The molecule has 0 fully saturated rings. The summed E-state index contributed by atoms with van der Waals surface area (Å²) in [6.07, 6.45) is 1.62. The van der Waals surface area contributed by atoms with E-state index in [-0.39, 0.29) is 5.91 Å². The lowest BCUT2D eigenvalue weighted by Gasteiger charge is -2.07. The Hall–Kier alpha value is -2.46. The molecule has 3 rings (SSSR count). The number of aryl methyl sites for hydroxylation is 1. The van der Waals surface area contributed by atoms with E-state index in [0.717, 1.165) is 21.3 Å². The van der Waals surface area contributed by atoms with Crippen molar-refractivity contribution in [3.8, 4) is 11.3 Å². The van der Waals surface area contributed by atoms with Gasteiger partial charge in [0.2, 0.25) is 0 Å². The highest BCUT2D eigenvalue weighted by Gasteiger charge is 2.07.